The molecule has 0 fully saturated rings. The van der Waals surface area contributed by atoms with Crippen LogP contribution >= 0.6 is 34.3 Å². The van der Waals surface area contributed by atoms with Crippen LogP contribution in [0.25, 0.3) is 6.08 Å². The van der Waals surface area contributed by atoms with Gasteiger partial charge in [0.05, 0.1) is 0 Å². The second-order valence-electron chi connectivity index (χ2n) is 6.07. The first-order valence-electron chi connectivity index (χ1n) is 8.41. The SMILES string of the molecule is CC(Cc1cccs1)N(Cc1ccc(Cl)cc1)C(=O)C=Cc1cccs1. The molecule has 3 rings (SSSR count). The maximum absolute atomic E-state index is 12.9. The van der Waals surface area contributed by atoms with E-state index >= 15 is 0 Å². The highest BCUT2D eigenvalue weighted by Crippen LogP contribution is 2.19. The van der Waals surface area contributed by atoms with Gasteiger partial charge in [-0.05, 0) is 53.6 Å². The summed E-state index contributed by atoms with van der Waals surface area (Å²) in [5.41, 5.74) is 1.07. The molecule has 0 saturated carbocycles. The lowest BCUT2D eigenvalue weighted by molar-refractivity contribution is -0.128. The molecule has 26 heavy (non-hydrogen) atoms. The lowest BCUT2D eigenvalue weighted by atomic mass is 10.1. The van der Waals surface area contributed by atoms with Crippen LogP contribution in [0.1, 0.15) is 22.2 Å². The van der Waals surface area contributed by atoms with E-state index in [2.05, 4.69) is 24.4 Å². The Hall–Kier alpha value is -1.88. The quantitative estimate of drug-likeness (QED) is 0.435. The molecule has 1 amide bonds. The third-order valence-electron chi connectivity index (χ3n) is 4.09. The molecule has 0 N–H and O–H groups in total. The average Bonchev–Trinajstić information content (AvgIpc) is 3.33. The third kappa shape index (κ3) is 5.31. The van der Waals surface area contributed by atoms with Crippen LogP contribution in [-0.4, -0.2) is 16.8 Å². The number of hydrogen-bond donors (Lipinski definition) is 0. The molecule has 1 aromatic carbocycles. The summed E-state index contributed by atoms with van der Waals surface area (Å²) in [6.07, 6.45) is 4.41. The summed E-state index contributed by atoms with van der Waals surface area (Å²) in [5.74, 6) is 0.0254. The number of nitrogens with zero attached hydrogens (tertiary/aromatic N) is 1. The van der Waals surface area contributed by atoms with Crippen molar-refractivity contribution in [1.82, 2.24) is 4.90 Å². The van der Waals surface area contributed by atoms with Gasteiger partial charge in [-0.25, -0.2) is 0 Å². The largest absolute Gasteiger partial charge is 0.332 e. The molecule has 2 aromatic heterocycles. The molecule has 0 radical (unpaired) electrons. The summed E-state index contributed by atoms with van der Waals surface area (Å²) in [6.45, 7) is 2.67. The number of amides is 1. The first-order chi connectivity index (χ1) is 12.6. The molecule has 3 aromatic rings. The van der Waals surface area contributed by atoms with Crippen LogP contribution in [0.15, 0.2) is 65.4 Å². The third-order valence-corrected chi connectivity index (χ3v) is 6.08. The van der Waals surface area contributed by atoms with Gasteiger partial charge in [0, 0.05) is 39.9 Å². The normalized spacial score (nSPS) is 12.4. The highest BCUT2D eigenvalue weighted by atomic mass is 35.5. The van der Waals surface area contributed by atoms with E-state index in [0.717, 1.165) is 16.9 Å². The molecule has 0 saturated heterocycles. The minimum atomic E-state index is 0.0254. The van der Waals surface area contributed by atoms with Crippen molar-refractivity contribution in [2.75, 3.05) is 0 Å². The summed E-state index contributed by atoms with van der Waals surface area (Å²) < 4.78 is 0. The first-order valence-corrected chi connectivity index (χ1v) is 10.5. The molecular formula is C21H20ClNOS2. The topological polar surface area (TPSA) is 20.3 Å². The number of hydrogen-bond acceptors (Lipinski definition) is 3. The zero-order chi connectivity index (χ0) is 18.4. The molecule has 0 aliphatic rings. The molecule has 0 aliphatic carbocycles. The zero-order valence-corrected chi connectivity index (χ0v) is 16.9. The number of carbonyl (C=O) groups excluding carboxylic acids is 1. The maximum Gasteiger partial charge on any atom is 0.247 e. The summed E-state index contributed by atoms with van der Waals surface area (Å²) >= 11 is 9.34. The Kier molecular flexibility index (Phi) is 6.67. The Morgan fingerprint density at radius 2 is 1.85 bits per heavy atom. The minimum Gasteiger partial charge on any atom is -0.332 e. The fourth-order valence-electron chi connectivity index (χ4n) is 2.70. The number of halogens is 1. The van der Waals surface area contributed by atoms with Gasteiger partial charge in [0.25, 0.3) is 0 Å². The van der Waals surface area contributed by atoms with E-state index in [1.54, 1.807) is 28.7 Å². The predicted octanol–water partition coefficient (Wildman–Crippen LogP) is 6.14. The van der Waals surface area contributed by atoms with E-state index in [4.69, 9.17) is 11.6 Å². The van der Waals surface area contributed by atoms with Crippen LogP contribution in [0.2, 0.25) is 5.02 Å². The van der Waals surface area contributed by atoms with Gasteiger partial charge in [-0.15, -0.1) is 22.7 Å². The van der Waals surface area contributed by atoms with Crippen molar-refractivity contribution in [2.24, 2.45) is 0 Å². The molecule has 0 spiro atoms. The van der Waals surface area contributed by atoms with Crippen LogP contribution in [-0.2, 0) is 17.8 Å². The monoisotopic (exact) mass is 401 g/mol. The molecule has 1 atom stereocenters. The molecule has 0 aliphatic heterocycles. The number of benzene rings is 1. The fraction of sp³-hybridized carbons (Fsp3) is 0.190. The van der Waals surface area contributed by atoms with Crippen LogP contribution in [0.5, 0.6) is 0 Å². The summed E-state index contributed by atoms with van der Waals surface area (Å²) in [6, 6.07) is 15.9. The van der Waals surface area contributed by atoms with E-state index < -0.39 is 0 Å². The number of carbonyl (C=O) groups is 1. The molecule has 0 bridgehead atoms. The van der Waals surface area contributed by atoms with Crippen LogP contribution < -0.4 is 0 Å². The molecule has 2 nitrogen and oxygen atoms in total. The average molecular weight is 402 g/mol. The van der Waals surface area contributed by atoms with Crippen molar-refractivity contribution in [3.8, 4) is 0 Å². The van der Waals surface area contributed by atoms with Gasteiger partial charge in [-0.3, -0.25) is 4.79 Å². The Morgan fingerprint density at radius 1 is 1.12 bits per heavy atom. The lowest BCUT2D eigenvalue weighted by Gasteiger charge is -2.28. The maximum atomic E-state index is 12.9. The van der Waals surface area contributed by atoms with Crippen molar-refractivity contribution >= 4 is 46.3 Å². The Bertz CT molecular complexity index is 839. The van der Waals surface area contributed by atoms with Crippen molar-refractivity contribution in [1.29, 1.82) is 0 Å². The second-order valence-corrected chi connectivity index (χ2v) is 8.52. The van der Waals surface area contributed by atoms with E-state index in [1.165, 1.54) is 4.88 Å². The number of rotatable bonds is 7. The summed E-state index contributed by atoms with van der Waals surface area (Å²) in [5, 5.41) is 4.79. The second kappa shape index (κ2) is 9.17. The van der Waals surface area contributed by atoms with Gasteiger partial charge in [0.1, 0.15) is 0 Å². The molecule has 1 unspecified atom stereocenters. The van der Waals surface area contributed by atoms with Crippen molar-refractivity contribution < 1.29 is 4.79 Å². The van der Waals surface area contributed by atoms with Gasteiger partial charge in [0.2, 0.25) is 5.91 Å². The number of thiophene rings is 2. The standard InChI is InChI=1S/C21H20ClNOS2/c1-16(14-20-5-3-13-26-20)23(15-17-6-8-18(22)9-7-17)21(24)11-10-19-4-2-12-25-19/h2-13,16H,14-15H2,1H3. The van der Waals surface area contributed by atoms with Crippen LogP contribution in [0.4, 0.5) is 0 Å². The van der Waals surface area contributed by atoms with Gasteiger partial charge in [0.15, 0.2) is 0 Å². The van der Waals surface area contributed by atoms with Gasteiger partial charge in [-0.2, -0.15) is 0 Å². The van der Waals surface area contributed by atoms with Crippen LogP contribution in [0, 0.1) is 0 Å². The van der Waals surface area contributed by atoms with E-state index in [-0.39, 0.29) is 11.9 Å². The van der Waals surface area contributed by atoms with Crippen molar-refractivity contribution in [2.45, 2.75) is 25.9 Å². The fourth-order valence-corrected chi connectivity index (χ4v) is 4.27. The predicted molar refractivity (Wildman–Crippen MR) is 113 cm³/mol. The lowest BCUT2D eigenvalue weighted by Crippen LogP contribution is -2.38. The molecule has 2 heterocycles. The van der Waals surface area contributed by atoms with E-state index in [0.29, 0.717) is 11.6 Å². The highest BCUT2D eigenvalue weighted by Gasteiger charge is 2.19. The highest BCUT2D eigenvalue weighted by molar-refractivity contribution is 7.10. The van der Waals surface area contributed by atoms with Gasteiger partial charge in [-0.1, -0.05) is 35.9 Å². The Balaban J connectivity index is 1.77. The first kappa shape index (κ1) is 18.9. The molecule has 5 heteroatoms. The summed E-state index contributed by atoms with van der Waals surface area (Å²) in [7, 11) is 0. The Labute approximate surface area is 167 Å². The van der Waals surface area contributed by atoms with E-state index in [1.807, 2.05) is 52.8 Å². The smallest absolute Gasteiger partial charge is 0.247 e. The molecule has 134 valence electrons. The van der Waals surface area contributed by atoms with Gasteiger partial charge >= 0.3 is 0 Å². The van der Waals surface area contributed by atoms with E-state index in [9.17, 15) is 4.79 Å². The van der Waals surface area contributed by atoms with Crippen molar-refractivity contribution in [3.05, 3.63) is 85.7 Å². The Morgan fingerprint density at radius 3 is 2.50 bits per heavy atom. The minimum absolute atomic E-state index is 0.0254. The van der Waals surface area contributed by atoms with Crippen molar-refractivity contribution in [3.63, 3.8) is 0 Å². The van der Waals surface area contributed by atoms with Gasteiger partial charge < -0.3 is 4.90 Å². The molecular weight excluding hydrogens is 382 g/mol. The van der Waals surface area contributed by atoms with Crippen LogP contribution in [0.3, 0.4) is 0 Å². The zero-order valence-electron chi connectivity index (χ0n) is 14.5. The summed E-state index contributed by atoms with van der Waals surface area (Å²) in [4.78, 5) is 17.2.